The molecule has 11 heteroatoms. The molecule has 1 fully saturated rings. The second-order valence-corrected chi connectivity index (χ2v) is 9.40. The number of amides is 2. The Labute approximate surface area is 183 Å². The van der Waals surface area contributed by atoms with E-state index in [1.165, 1.54) is 33.1 Å². The van der Waals surface area contributed by atoms with Gasteiger partial charge in [-0.3, -0.25) is 9.59 Å². The van der Waals surface area contributed by atoms with Crippen molar-refractivity contribution < 1.29 is 9.59 Å². The number of nitrogens with zero attached hydrogens (tertiary/aromatic N) is 5. The molecule has 1 aliphatic rings. The summed E-state index contributed by atoms with van der Waals surface area (Å²) in [4.78, 5) is 29.8. The Morgan fingerprint density at radius 2 is 1.93 bits per heavy atom. The van der Waals surface area contributed by atoms with Crippen LogP contribution >= 0.6 is 34.9 Å². The minimum atomic E-state index is 0.0426. The van der Waals surface area contributed by atoms with Crippen LogP contribution in [0.15, 0.2) is 27.8 Å². The Morgan fingerprint density at radius 3 is 2.55 bits per heavy atom. The molecule has 1 unspecified atom stereocenters. The third-order valence-corrected chi connectivity index (χ3v) is 7.67. The number of hydrogen-bond acceptors (Lipinski definition) is 8. The lowest BCUT2D eigenvalue weighted by Crippen LogP contribution is -2.32. The van der Waals surface area contributed by atoms with Crippen LogP contribution in [0.2, 0.25) is 0 Å². The quantitative estimate of drug-likeness (QED) is 0.459. The van der Waals surface area contributed by atoms with Crippen molar-refractivity contribution in [2.24, 2.45) is 0 Å². The highest BCUT2D eigenvalue weighted by Gasteiger charge is 2.30. The molecule has 0 spiro atoms. The fourth-order valence-electron chi connectivity index (χ4n) is 3.31. The summed E-state index contributed by atoms with van der Waals surface area (Å²) >= 11 is 4.23. The first-order valence-electron chi connectivity index (χ1n) is 9.61. The molecule has 1 atom stereocenters. The number of likely N-dealkylation sites (tertiary alicyclic amines) is 1. The first kappa shape index (κ1) is 22.0. The van der Waals surface area contributed by atoms with Crippen molar-refractivity contribution in [2.75, 3.05) is 37.0 Å². The molecule has 0 saturated carbocycles. The van der Waals surface area contributed by atoms with Gasteiger partial charge in [0.2, 0.25) is 22.1 Å². The van der Waals surface area contributed by atoms with Crippen LogP contribution in [0, 0.1) is 0 Å². The monoisotopic (exact) mass is 454 g/mol. The van der Waals surface area contributed by atoms with Crippen molar-refractivity contribution in [3.8, 4) is 0 Å². The number of nitrogen functional groups attached to an aromatic ring is 1. The van der Waals surface area contributed by atoms with Crippen LogP contribution in [0.1, 0.15) is 37.6 Å². The molecule has 2 aromatic heterocycles. The average Bonchev–Trinajstić information content (AvgIpc) is 3.46. The summed E-state index contributed by atoms with van der Waals surface area (Å²) in [6.45, 7) is 6.04. The molecule has 0 aromatic carbocycles. The molecular weight excluding hydrogens is 428 g/mol. The molecule has 2 N–H and O–H groups in total. The molecule has 0 radical (unpaired) electrons. The lowest BCUT2D eigenvalue weighted by Gasteiger charge is -2.23. The molecule has 8 nitrogen and oxygen atoms in total. The molecule has 158 valence electrons. The summed E-state index contributed by atoms with van der Waals surface area (Å²) in [6.07, 6.45) is 2.03. The van der Waals surface area contributed by atoms with Crippen LogP contribution in [0.3, 0.4) is 0 Å². The molecule has 0 bridgehead atoms. The Bertz CT molecular complexity index is 822. The van der Waals surface area contributed by atoms with Crippen molar-refractivity contribution >= 4 is 46.7 Å². The minimum Gasteiger partial charge on any atom is -0.343 e. The molecule has 29 heavy (non-hydrogen) atoms. The lowest BCUT2D eigenvalue weighted by molar-refractivity contribution is -0.129. The van der Waals surface area contributed by atoms with Gasteiger partial charge in [-0.2, -0.15) is 0 Å². The normalized spacial score (nSPS) is 16.3. The summed E-state index contributed by atoms with van der Waals surface area (Å²) in [6, 6.07) is 4.29. The van der Waals surface area contributed by atoms with Gasteiger partial charge in [0.1, 0.15) is 0 Å². The van der Waals surface area contributed by atoms with Gasteiger partial charge < -0.3 is 15.6 Å². The Balaban J connectivity index is 1.53. The van der Waals surface area contributed by atoms with E-state index in [1.54, 1.807) is 16.2 Å². The van der Waals surface area contributed by atoms with E-state index in [1.807, 2.05) is 30.2 Å². The maximum atomic E-state index is 12.8. The Hall–Kier alpha value is -1.72. The van der Waals surface area contributed by atoms with E-state index in [9.17, 15) is 9.59 Å². The van der Waals surface area contributed by atoms with E-state index >= 15 is 0 Å². The van der Waals surface area contributed by atoms with Gasteiger partial charge in [-0.25, -0.2) is 4.68 Å². The number of thiophene rings is 1. The van der Waals surface area contributed by atoms with Gasteiger partial charge in [0, 0.05) is 24.5 Å². The van der Waals surface area contributed by atoms with Gasteiger partial charge in [0.25, 0.3) is 0 Å². The van der Waals surface area contributed by atoms with E-state index in [4.69, 9.17) is 5.84 Å². The predicted octanol–water partition coefficient (Wildman–Crippen LogP) is 2.47. The van der Waals surface area contributed by atoms with Crippen LogP contribution in [0.4, 0.5) is 0 Å². The van der Waals surface area contributed by atoms with E-state index in [0.29, 0.717) is 23.4 Å². The highest BCUT2D eigenvalue weighted by atomic mass is 32.2. The van der Waals surface area contributed by atoms with Crippen molar-refractivity contribution in [3.63, 3.8) is 0 Å². The fourth-order valence-corrected chi connectivity index (χ4v) is 5.74. The maximum absolute atomic E-state index is 12.8. The topological polar surface area (TPSA) is 97.4 Å². The Kier molecular flexibility index (Phi) is 7.84. The molecular formula is C18H26N6O2S3. The van der Waals surface area contributed by atoms with E-state index in [2.05, 4.69) is 16.3 Å². The zero-order valence-electron chi connectivity index (χ0n) is 16.6. The molecule has 3 heterocycles. The second-order valence-electron chi connectivity index (χ2n) is 6.54. The number of hydrogen-bond donors (Lipinski definition) is 1. The summed E-state index contributed by atoms with van der Waals surface area (Å²) in [7, 11) is 0. The van der Waals surface area contributed by atoms with Gasteiger partial charge >= 0.3 is 0 Å². The van der Waals surface area contributed by atoms with Crippen molar-refractivity contribution in [1.82, 2.24) is 24.7 Å². The van der Waals surface area contributed by atoms with Gasteiger partial charge in [0.15, 0.2) is 0 Å². The lowest BCUT2D eigenvalue weighted by atomic mass is 10.2. The number of thioether (sulfide) groups is 2. The number of aromatic nitrogens is 3. The fraction of sp³-hybridized carbons (Fsp3) is 0.556. The number of carbonyl (C=O) groups excluding carboxylic acids is 2. The van der Waals surface area contributed by atoms with Gasteiger partial charge in [-0.15, -0.1) is 21.5 Å². The van der Waals surface area contributed by atoms with E-state index in [0.717, 1.165) is 19.4 Å². The average molecular weight is 455 g/mol. The molecule has 2 amide bonds. The van der Waals surface area contributed by atoms with E-state index < -0.39 is 0 Å². The third kappa shape index (κ3) is 5.26. The smallest absolute Gasteiger partial charge is 0.233 e. The number of nitrogens with two attached hydrogens (primary N) is 1. The van der Waals surface area contributed by atoms with Crippen molar-refractivity contribution in [1.29, 1.82) is 0 Å². The third-order valence-electron chi connectivity index (χ3n) is 4.84. The van der Waals surface area contributed by atoms with Crippen LogP contribution in [-0.2, 0) is 9.59 Å². The standard InChI is InChI=1S/C18H26N6O2S3/c1-3-22(4-2)15(25)11-28-17-20-21-18(24(17)19)29-12-16(26)23-9-5-7-13(23)14-8-6-10-27-14/h6,8,10,13H,3-5,7,9,11-12,19H2,1-2H3. The molecule has 2 aromatic rings. The zero-order valence-corrected chi connectivity index (χ0v) is 19.1. The summed E-state index contributed by atoms with van der Waals surface area (Å²) in [5, 5.41) is 11.1. The number of carbonyl (C=O) groups is 2. The van der Waals surface area contributed by atoms with Gasteiger partial charge in [-0.05, 0) is 38.1 Å². The Morgan fingerprint density at radius 1 is 1.24 bits per heavy atom. The van der Waals surface area contributed by atoms with Gasteiger partial charge in [-0.1, -0.05) is 29.6 Å². The summed E-state index contributed by atoms with van der Waals surface area (Å²) < 4.78 is 1.36. The van der Waals surface area contributed by atoms with Crippen LogP contribution in [0.5, 0.6) is 0 Å². The SMILES string of the molecule is CCN(CC)C(=O)CSc1nnc(SCC(=O)N2CCCC2c2cccs2)n1N. The second kappa shape index (κ2) is 10.4. The van der Waals surface area contributed by atoms with Crippen LogP contribution in [0.25, 0.3) is 0 Å². The molecule has 0 aliphatic carbocycles. The van der Waals surface area contributed by atoms with Crippen LogP contribution < -0.4 is 5.84 Å². The first-order valence-corrected chi connectivity index (χ1v) is 12.5. The van der Waals surface area contributed by atoms with Crippen molar-refractivity contribution in [2.45, 2.75) is 43.0 Å². The highest BCUT2D eigenvalue weighted by molar-refractivity contribution is 8.00. The van der Waals surface area contributed by atoms with Gasteiger partial charge in [0.05, 0.1) is 17.5 Å². The summed E-state index contributed by atoms with van der Waals surface area (Å²) in [5.74, 6) is 6.73. The van der Waals surface area contributed by atoms with Crippen molar-refractivity contribution in [3.05, 3.63) is 22.4 Å². The molecule has 1 aliphatic heterocycles. The van der Waals surface area contributed by atoms with Crippen LogP contribution in [-0.4, -0.2) is 67.6 Å². The largest absolute Gasteiger partial charge is 0.343 e. The predicted molar refractivity (Wildman–Crippen MR) is 118 cm³/mol. The minimum absolute atomic E-state index is 0.0426. The first-order chi connectivity index (χ1) is 14.0. The highest BCUT2D eigenvalue weighted by Crippen LogP contribution is 2.35. The molecule has 1 saturated heterocycles. The maximum Gasteiger partial charge on any atom is 0.233 e. The summed E-state index contributed by atoms with van der Waals surface area (Å²) in [5.41, 5.74) is 0. The number of rotatable bonds is 9. The molecule has 3 rings (SSSR count). The zero-order chi connectivity index (χ0) is 20.8. The van der Waals surface area contributed by atoms with E-state index in [-0.39, 0.29) is 29.4 Å².